The molecule has 1 unspecified atom stereocenters. The van der Waals surface area contributed by atoms with Crippen LogP contribution in [0.5, 0.6) is 0 Å². The first-order chi connectivity index (χ1) is 17.0. The smallest absolute Gasteiger partial charge is 0.276 e. The number of amides is 4. The zero-order valence-electron chi connectivity index (χ0n) is 18.5. The predicted molar refractivity (Wildman–Crippen MR) is 115 cm³/mol. The van der Waals surface area contributed by atoms with Gasteiger partial charge in [-0.05, 0) is 43.0 Å². The molecule has 2 atom stereocenters. The highest BCUT2D eigenvalue weighted by Crippen LogP contribution is 2.32. The molecule has 0 radical (unpaired) electrons. The minimum absolute atomic E-state index is 0.179. The molecule has 1 N–H and O–H groups in total. The van der Waals surface area contributed by atoms with Gasteiger partial charge < -0.3 is 14.3 Å². The number of carbonyl (C=O) groups is 4. The van der Waals surface area contributed by atoms with Gasteiger partial charge in [-0.1, -0.05) is 10.4 Å². The van der Waals surface area contributed by atoms with Crippen LogP contribution in [0.1, 0.15) is 64.0 Å². The maximum atomic E-state index is 13.1. The minimum atomic E-state index is -0.682. The number of fused-ring (bicyclic) bond motifs is 1. The predicted octanol–water partition coefficient (Wildman–Crippen LogP) is 0.389. The molecule has 0 bridgehead atoms. The summed E-state index contributed by atoms with van der Waals surface area (Å²) in [5.41, 5.74) is 2.03. The third kappa shape index (κ3) is 3.55. The summed E-state index contributed by atoms with van der Waals surface area (Å²) >= 11 is 0. The van der Waals surface area contributed by atoms with Gasteiger partial charge in [0, 0.05) is 25.1 Å². The molecule has 2 fully saturated rings. The average molecular weight is 476 g/mol. The highest BCUT2D eigenvalue weighted by atomic mass is 16.5. The first-order valence-electron chi connectivity index (χ1n) is 11.3. The second-order valence-electron chi connectivity index (χ2n) is 8.73. The van der Waals surface area contributed by atoms with Gasteiger partial charge in [-0.3, -0.25) is 24.5 Å². The van der Waals surface area contributed by atoms with Gasteiger partial charge in [-0.2, -0.15) is 4.98 Å². The fourth-order valence-electron chi connectivity index (χ4n) is 4.93. The van der Waals surface area contributed by atoms with Crippen LogP contribution < -0.4 is 5.32 Å². The first-order valence-corrected chi connectivity index (χ1v) is 11.3. The maximum Gasteiger partial charge on any atom is 0.276 e. The Morgan fingerprint density at radius 2 is 2.03 bits per heavy atom. The van der Waals surface area contributed by atoms with E-state index in [-0.39, 0.29) is 42.4 Å². The van der Waals surface area contributed by atoms with Gasteiger partial charge in [0.15, 0.2) is 12.0 Å². The Balaban J connectivity index is 1.21. The lowest BCUT2D eigenvalue weighted by molar-refractivity contribution is -0.136. The molecule has 3 aliphatic rings. The summed E-state index contributed by atoms with van der Waals surface area (Å²) in [5, 5.41) is 14.1. The first kappa shape index (κ1) is 21.1. The summed E-state index contributed by atoms with van der Waals surface area (Å²) in [6.07, 6.45) is 4.89. The van der Waals surface area contributed by atoms with Crippen molar-refractivity contribution in [2.24, 2.45) is 0 Å². The number of carbonyl (C=O) groups excluding carboxylic acids is 4. The topological polar surface area (TPSA) is 156 Å². The van der Waals surface area contributed by atoms with Gasteiger partial charge in [-0.15, -0.1) is 5.10 Å². The van der Waals surface area contributed by atoms with E-state index in [2.05, 4.69) is 25.8 Å². The van der Waals surface area contributed by atoms with Gasteiger partial charge in [0.05, 0.1) is 11.9 Å². The molecule has 5 heterocycles. The molecule has 2 aromatic heterocycles. The Bertz CT molecular complexity index is 1350. The quantitative estimate of drug-likeness (QED) is 0.526. The SMILES string of the molecule is O=C1CCC(N2Cc3cc(-n4cc(C(=O)N5CCC[C@@H]5c5ncno5)nn4)ccc3C2=O)C(=O)N1. The third-order valence-corrected chi connectivity index (χ3v) is 6.66. The molecule has 13 heteroatoms. The second-order valence-corrected chi connectivity index (χ2v) is 8.73. The van der Waals surface area contributed by atoms with Crippen LogP contribution >= 0.6 is 0 Å². The molecule has 0 saturated carbocycles. The van der Waals surface area contributed by atoms with Crippen molar-refractivity contribution in [2.45, 2.75) is 44.3 Å². The van der Waals surface area contributed by atoms with Crippen LogP contribution in [0.3, 0.4) is 0 Å². The van der Waals surface area contributed by atoms with E-state index in [0.717, 1.165) is 18.4 Å². The van der Waals surface area contributed by atoms with Crippen molar-refractivity contribution in [3.8, 4) is 5.69 Å². The standard InChI is InChI=1S/C22H20N8O5/c31-18-6-5-16(19(32)25-18)29-9-12-8-13(3-4-14(12)21(29)33)30-10-15(26-27-30)22(34)28-7-1-2-17(28)20-23-11-24-35-20/h3-4,8,10-11,16-17H,1-2,5-7,9H2,(H,25,31,32)/t16?,17-/m1/s1. The Kier molecular flexibility index (Phi) is 4.90. The van der Waals surface area contributed by atoms with E-state index < -0.39 is 11.9 Å². The average Bonchev–Trinajstić information content (AvgIpc) is 3.65. The fraction of sp³-hybridized carbons (Fsp3) is 0.364. The van der Waals surface area contributed by atoms with Crippen LogP contribution in [0.15, 0.2) is 35.2 Å². The van der Waals surface area contributed by atoms with Crippen LogP contribution in [-0.2, 0) is 16.1 Å². The van der Waals surface area contributed by atoms with Crippen molar-refractivity contribution in [1.82, 2.24) is 40.3 Å². The van der Waals surface area contributed by atoms with E-state index in [1.807, 2.05) is 0 Å². The van der Waals surface area contributed by atoms with Crippen LogP contribution in [0.4, 0.5) is 0 Å². The zero-order chi connectivity index (χ0) is 24.1. The van der Waals surface area contributed by atoms with E-state index in [9.17, 15) is 19.2 Å². The molecule has 3 aliphatic heterocycles. The summed E-state index contributed by atoms with van der Waals surface area (Å²) in [4.78, 5) is 56.9. The fourth-order valence-corrected chi connectivity index (χ4v) is 4.93. The van der Waals surface area contributed by atoms with Gasteiger partial charge >= 0.3 is 0 Å². The van der Waals surface area contributed by atoms with Gasteiger partial charge in [0.1, 0.15) is 12.1 Å². The van der Waals surface area contributed by atoms with E-state index in [0.29, 0.717) is 30.1 Å². The minimum Gasteiger partial charge on any atom is -0.337 e. The number of rotatable bonds is 4. The van der Waals surface area contributed by atoms with E-state index in [4.69, 9.17) is 4.52 Å². The molecule has 6 rings (SSSR count). The molecule has 4 amide bonds. The molecule has 1 aromatic carbocycles. The van der Waals surface area contributed by atoms with E-state index in [1.54, 1.807) is 29.3 Å². The molecule has 0 spiro atoms. The lowest BCUT2D eigenvalue weighted by atomic mass is 10.0. The molecule has 35 heavy (non-hydrogen) atoms. The number of hydrogen-bond donors (Lipinski definition) is 1. The van der Waals surface area contributed by atoms with Crippen molar-refractivity contribution in [2.75, 3.05) is 6.54 Å². The summed E-state index contributed by atoms with van der Waals surface area (Å²) in [6.45, 7) is 0.796. The maximum absolute atomic E-state index is 13.1. The molecule has 178 valence electrons. The molecule has 3 aromatic rings. The molecule has 13 nitrogen and oxygen atoms in total. The number of nitrogens with one attached hydrogen (secondary N) is 1. The second kappa shape index (κ2) is 8.11. The number of benzene rings is 1. The number of nitrogens with zero attached hydrogens (tertiary/aromatic N) is 7. The van der Waals surface area contributed by atoms with Crippen molar-refractivity contribution in [1.29, 1.82) is 0 Å². The number of aromatic nitrogens is 5. The van der Waals surface area contributed by atoms with E-state index in [1.165, 1.54) is 15.9 Å². The van der Waals surface area contributed by atoms with Gasteiger partial charge in [0.25, 0.3) is 11.8 Å². The van der Waals surface area contributed by atoms with Gasteiger partial charge in [0.2, 0.25) is 17.7 Å². The molecule has 0 aliphatic carbocycles. The van der Waals surface area contributed by atoms with Gasteiger partial charge in [-0.25, -0.2) is 4.68 Å². The van der Waals surface area contributed by atoms with Crippen molar-refractivity contribution in [3.05, 3.63) is 53.4 Å². The Hall–Kier alpha value is -4.42. The summed E-state index contributed by atoms with van der Waals surface area (Å²) in [6, 6.07) is 4.20. The zero-order valence-corrected chi connectivity index (χ0v) is 18.5. The summed E-state index contributed by atoms with van der Waals surface area (Å²) < 4.78 is 6.63. The Morgan fingerprint density at radius 3 is 2.83 bits per heavy atom. The lowest BCUT2D eigenvalue weighted by Crippen LogP contribution is -2.52. The highest BCUT2D eigenvalue weighted by molar-refractivity contribution is 6.05. The summed E-state index contributed by atoms with van der Waals surface area (Å²) in [5.74, 6) is -0.921. The Labute approximate surface area is 198 Å². The van der Waals surface area contributed by atoms with Crippen molar-refractivity contribution >= 4 is 23.6 Å². The largest absolute Gasteiger partial charge is 0.337 e. The van der Waals surface area contributed by atoms with Crippen molar-refractivity contribution in [3.63, 3.8) is 0 Å². The van der Waals surface area contributed by atoms with Crippen LogP contribution in [0.2, 0.25) is 0 Å². The molecule has 2 saturated heterocycles. The number of piperidine rings is 1. The van der Waals surface area contributed by atoms with E-state index >= 15 is 0 Å². The lowest BCUT2D eigenvalue weighted by Gasteiger charge is -2.29. The number of likely N-dealkylation sites (tertiary alicyclic amines) is 1. The number of hydrogen-bond acceptors (Lipinski definition) is 9. The van der Waals surface area contributed by atoms with Crippen LogP contribution in [-0.4, -0.2) is 71.1 Å². The molecular formula is C22H20N8O5. The monoisotopic (exact) mass is 476 g/mol. The van der Waals surface area contributed by atoms with Crippen LogP contribution in [0, 0.1) is 0 Å². The normalized spacial score (nSPS) is 22.0. The summed E-state index contributed by atoms with van der Waals surface area (Å²) in [7, 11) is 0. The number of imide groups is 1. The Morgan fingerprint density at radius 1 is 1.14 bits per heavy atom. The third-order valence-electron chi connectivity index (χ3n) is 6.66. The molecular weight excluding hydrogens is 456 g/mol. The van der Waals surface area contributed by atoms with Crippen molar-refractivity contribution < 1.29 is 23.7 Å². The van der Waals surface area contributed by atoms with Crippen LogP contribution in [0.25, 0.3) is 5.69 Å². The highest BCUT2D eigenvalue weighted by Gasteiger charge is 2.39.